The molecule has 24 heavy (non-hydrogen) atoms. The van der Waals surface area contributed by atoms with E-state index in [4.69, 9.17) is 0 Å². The molecule has 1 aromatic carbocycles. The van der Waals surface area contributed by atoms with Crippen molar-refractivity contribution in [2.75, 3.05) is 31.9 Å². The first-order valence-electron chi connectivity index (χ1n) is 8.58. The van der Waals surface area contributed by atoms with Crippen LogP contribution in [0.4, 0.5) is 4.39 Å². The summed E-state index contributed by atoms with van der Waals surface area (Å²) in [6, 6.07) is 6.19. The number of piperidine rings is 1. The molecule has 0 aromatic heterocycles. The molecule has 130 valence electrons. The predicted molar refractivity (Wildman–Crippen MR) is 92.2 cm³/mol. The minimum Gasteiger partial charge on any atom is -0.342 e. The van der Waals surface area contributed by atoms with Crippen molar-refractivity contribution < 1.29 is 14.0 Å². The molecule has 0 bridgehead atoms. The molecule has 0 radical (unpaired) electrons. The number of amides is 2. The summed E-state index contributed by atoms with van der Waals surface area (Å²) in [6.07, 6.45) is 3.76. The van der Waals surface area contributed by atoms with E-state index in [1.54, 1.807) is 12.1 Å². The van der Waals surface area contributed by atoms with Crippen molar-refractivity contribution in [3.8, 4) is 0 Å². The predicted octanol–water partition coefficient (Wildman–Crippen LogP) is 2.78. The highest BCUT2D eigenvalue weighted by Crippen LogP contribution is 2.24. The third-order valence-electron chi connectivity index (χ3n) is 4.79. The van der Waals surface area contributed by atoms with E-state index in [2.05, 4.69) is 0 Å². The molecule has 2 aliphatic heterocycles. The molecule has 0 aliphatic carbocycles. The summed E-state index contributed by atoms with van der Waals surface area (Å²) in [4.78, 5) is 29.4. The average Bonchev–Trinajstić information content (AvgIpc) is 3.15. The first-order valence-corrected chi connectivity index (χ1v) is 9.57. The highest BCUT2D eigenvalue weighted by Gasteiger charge is 2.31. The zero-order valence-corrected chi connectivity index (χ0v) is 14.6. The number of carbonyl (C=O) groups excluding carboxylic acids is 2. The van der Waals surface area contributed by atoms with Crippen LogP contribution in [0.5, 0.6) is 0 Å². The maximum Gasteiger partial charge on any atom is 0.232 e. The van der Waals surface area contributed by atoms with Crippen LogP contribution in [-0.4, -0.2) is 53.5 Å². The van der Waals surface area contributed by atoms with E-state index >= 15 is 0 Å². The topological polar surface area (TPSA) is 40.6 Å². The summed E-state index contributed by atoms with van der Waals surface area (Å²) >= 11 is 1.43. The van der Waals surface area contributed by atoms with Gasteiger partial charge in [-0.1, -0.05) is 0 Å². The second-order valence-corrected chi connectivity index (χ2v) is 7.48. The maximum atomic E-state index is 12.9. The molecule has 6 heteroatoms. The van der Waals surface area contributed by atoms with Crippen molar-refractivity contribution in [1.82, 2.24) is 9.80 Å². The van der Waals surface area contributed by atoms with Gasteiger partial charge in [-0.25, -0.2) is 4.39 Å². The molecule has 0 unspecified atom stereocenters. The molecule has 2 heterocycles. The van der Waals surface area contributed by atoms with Crippen LogP contribution >= 0.6 is 11.8 Å². The largest absolute Gasteiger partial charge is 0.342 e. The van der Waals surface area contributed by atoms with Gasteiger partial charge in [0.05, 0.1) is 5.75 Å². The van der Waals surface area contributed by atoms with Crippen LogP contribution in [0.1, 0.15) is 25.7 Å². The molecule has 4 nitrogen and oxygen atoms in total. The number of thioether (sulfide) groups is 1. The molecule has 2 aliphatic rings. The molecular formula is C18H23FN2O2S. The fourth-order valence-corrected chi connectivity index (χ4v) is 4.14. The van der Waals surface area contributed by atoms with Crippen LogP contribution in [0, 0.1) is 11.7 Å². The summed E-state index contributed by atoms with van der Waals surface area (Å²) in [6.45, 7) is 3.11. The second-order valence-electron chi connectivity index (χ2n) is 6.43. The average molecular weight is 350 g/mol. The summed E-state index contributed by atoms with van der Waals surface area (Å²) < 4.78 is 12.9. The zero-order chi connectivity index (χ0) is 16.9. The van der Waals surface area contributed by atoms with E-state index in [0.29, 0.717) is 18.8 Å². The van der Waals surface area contributed by atoms with Crippen LogP contribution in [-0.2, 0) is 9.59 Å². The third kappa shape index (κ3) is 4.29. The van der Waals surface area contributed by atoms with E-state index < -0.39 is 0 Å². The number of halogens is 1. The van der Waals surface area contributed by atoms with Crippen LogP contribution in [0.2, 0.25) is 0 Å². The Hall–Kier alpha value is -1.56. The van der Waals surface area contributed by atoms with Crippen molar-refractivity contribution >= 4 is 23.6 Å². The van der Waals surface area contributed by atoms with E-state index in [1.165, 1.54) is 23.9 Å². The van der Waals surface area contributed by atoms with Crippen LogP contribution in [0.15, 0.2) is 29.2 Å². The lowest BCUT2D eigenvalue weighted by molar-refractivity contribution is -0.139. The van der Waals surface area contributed by atoms with Gasteiger partial charge < -0.3 is 9.80 Å². The second kappa shape index (κ2) is 8.01. The SMILES string of the molecule is O=C(CSc1ccc(F)cc1)N1CCC(C(=O)N2CCCC2)CC1. The third-order valence-corrected chi connectivity index (χ3v) is 5.79. The number of rotatable bonds is 4. The molecule has 2 fully saturated rings. The fourth-order valence-electron chi connectivity index (χ4n) is 3.34. The molecular weight excluding hydrogens is 327 g/mol. The summed E-state index contributed by atoms with van der Waals surface area (Å²) in [5, 5.41) is 0. The van der Waals surface area contributed by atoms with Crippen LogP contribution in [0.25, 0.3) is 0 Å². The maximum absolute atomic E-state index is 12.9. The van der Waals surface area contributed by atoms with Gasteiger partial charge in [-0.2, -0.15) is 0 Å². The lowest BCUT2D eigenvalue weighted by Crippen LogP contribution is -2.44. The normalized spacial score (nSPS) is 18.9. The van der Waals surface area contributed by atoms with E-state index in [0.717, 1.165) is 43.7 Å². The standard InChI is InChI=1S/C18H23FN2O2S/c19-15-3-5-16(6-4-15)24-13-17(22)20-11-7-14(8-12-20)18(23)21-9-1-2-10-21/h3-6,14H,1-2,7-13H2. The first kappa shape index (κ1) is 17.3. The number of carbonyl (C=O) groups is 2. The van der Waals surface area contributed by atoms with Crippen molar-refractivity contribution in [3.63, 3.8) is 0 Å². The Morgan fingerprint density at radius 3 is 2.25 bits per heavy atom. The number of hydrogen-bond acceptors (Lipinski definition) is 3. The fraction of sp³-hybridized carbons (Fsp3) is 0.556. The Morgan fingerprint density at radius 2 is 1.62 bits per heavy atom. The van der Waals surface area contributed by atoms with Gasteiger partial charge in [-0.3, -0.25) is 9.59 Å². The lowest BCUT2D eigenvalue weighted by atomic mass is 9.95. The van der Waals surface area contributed by atoms with Gasteiger partial charge >= 0.3 is 0 Å². The van der Waals surface area contributed by atoms with Gasteiger partial charge in [0.2, 0.25) is 11.8 Å². The highest BCUT2D eigenvalue weighted by atomic mass is 32.2. The summed E-state index contributed by atoms with van der Waals surface area (Å²) in [5.74, 6) is 0.542. The van der Waals surface area contributed by atoms with Crippen molar-refractivity contribution in [2.45, 2.75) is 30.6 Å². The number of likely N-dealkylation sites (tertiary alicyclic amines) is 2. The first-order chi connectivity index (χ1) is 11.6. The number of nitrogens with zero attached hydrogens (tertiary/aromatic N) is 2. The Kier molecular flexibility index (Phi) is 5.76. The van der Waals surface area contributed by atoms with E-state index in [9.17, 15) is 14.0 Å². The van der Waals surface area contributed by atoms with E-state index in [1.807, 2.05) is 9.80 Å². The Balaban J connectivity index is 1.43. The molecule has 1 aromatic rings. The van der Waals surface area contributed by atoms with Gasteiger partial charge in [0, 0.05) is 37.0 Å². The Bertz CT molecular complexity index is 579. The molecule has 0 saturated carbocycles. The molecule has 0 spiro atoms. The van der Waals surface area contributed by atoms with Gasteiger partial charge in [-0.15, -0.1) is 11.8 Å². The molecule has 3 rings (SSSR count). The van der Waals surface area contributed by atoms with Crippen molar-refractivity contribution in [3.05, 3.63) is 30.1 Å². The summed E-state index contributed by atoms with van der Waals surface area (Å²) in [5.41, 5.74) is 0. The molecule has 0 N–H and O–H groups in total. The minimum atomic E-state index is -0.268. The minimum absolute atomic E-state index is 0.0805. The quantitative estimate of drug-likeness (QED) is 0.784. The van der Waals surface area contributed by atoms with Crippen molar-refractivity contribution in [2.24, 2.45) is 5.92 Å². The Labute approximate surface area is 146 Å². The number of benzene rings is 1. The molecule has 0 atom stereocenters. The number of hydrogen-bond donors (Lipinski definition) is 0. The van der Waals surface area contributed by atoms with Crippen LogP contribution < -0.4 is 0 Å². The van der Waals surface area contributed by atoms with Gasteiger partial charge in [-0.05, 0) is 49.9 Å². The summed E-state index contributed by atoms with van der Waals surface area (Å²) in [7, 11) is 0. The van der Waals surface area contributed by atoms with Crippen molar-refractivity contribution in [1.29, 1.82) is 0 Å². The van der Waals surface area contributed by atoms with Gasteiger partial charge in [0.25, 0.3) is 0 Å². The highest BCUT2D eigenvalue weighted by molar-refractivity contribution is 8.00. The van der Waals surface area contributed by atoms with Crippen LogP contribution in [0.3, 0.4) is 0 Å². The monoisotopic (exact) mass is 350 g/mol. The van der Waals surface area contributed by atoms with E-state index in [-0.39, 0.29) is 23.5 Å². The van der Waals surface area contributed by atoms with Gasteiger partial charge in [0.15, 0.2) is 0 Å². The van der Waals surface area contributed by atoms with Gasteiger partial charge in [0.1, 0.15) is 5.82 Å². The lowest BCUT2D eigenvalue weighted by Gasteiger charge is -2.33. The smallest absolute Gasteiger partial charge is 0.232 e. The molecule has 2 saturated heterocycles. The Morgan fingerprint density at radius 1 is 1.00 bits per heavy atom. The molecule has 2 amide bonds. The zero-order valence-electron chi connectivity index (χ0n) is 13.7.